The monoisotopic (exact) mass is 248 g/mol. The van der Waals surface area contributed by atoms with Crippen molar-refractivity contribution in [2.24, 2.45) is 0 Å². The first kappa shape index (κ1) is 12.4. The summed E-state index contributed by atoms with van der Waals surface area (Å²) >= 11 is 0. The van der Waals surface area contributed by atoms with E-state index in [1.54, 1.807) is 12.1 Å². The summed E-state index contributed by atoms with van der Waals surface area (Å²) in [6, 6.07) is 3.33. The van der Waals surface area contributed by atoms with Crippen molar-refractivity contribution in [3.05, 3.63) is 39.6 Å². The first-order valence-electron chi connectivity index (χ1n) is 5.66. The van der Waals surface area contributed by atoms with Gasteiger partial charge in [0, 0.05) is 19.3 Å². The van der Waals surface area contributed by atoms with Crippen molar-refractivity contribution in [1.29, 1.82) is 0 Å². The maximum absolute atomic E-state index is 11.1. The van der Waals surface area contributed by atoms with Gasteiger partial charge in [0.15, 0.2) is 5.75 Å². The largest absolute Gasteiger partial charge is 0.490 e. The van der Waals surface area contributed by atoms with Gasteiger partial charge in [-0.15, -0.1) is 0 Å². The second kappa shape index (κ2) is 4.01. The lowest BCUT2D eigenvalue weighted by Gasteiger charge is -2.39. The van der Waals surface area contributed by atoms with Crippen LogP contribution < -0.4 is 4.74 Å². The molecule has 0 bridgehead atoms. The van der Waals surface area contributed by atoms with Gasteiger partial charge in [-0.3, -0.25) is 10.1 Å². The zero-order chi connectivity index (χ0) is 13.5. The minimum absolute atomic E-state index is 0.00743. The predicted molar refractivity (Wildman–Crippen MR) is 69.5 cm³/mol. The van der Waals surface area contributed by atoms with E-state index in [2.05, 4.69) is 0 Å². The maximum Gasteiger partial charge on any atom is 0.311 e. The van der Waals surface area contributed by atoms with Crippen molar-refractivity contribution in [1.82, 2.24) is 4.90 Å². The van der Waals surface area contributed by atoms with Crippen LogP contribution in [-0.4, -0.2) is 24.0 Å². The molecule has 0 saturated heterocycles. The lowest BCUT2D eigenvalue weighted by Crippen LogP contribution is -2.37. The van der Waals surface area contributed by atoms with Gasteiger partial charge in [-0.05, 0) is 37.1 Å². The predicted octanol–water partition coefficient (Wildman–Crippen LogP) is 2.75. The number of hydrogen-bond donors (Lipinski definition) is 0. The molecule has 0 spiro atoms. The van der Waals surface area contributed by atoms with Gasteiger partial charge in [0.2, 0.25) is 0 Å². The second-order valence-corrected chi connectivity index (χ2v) is 4.85. The van der Waals surface area contributed by atoms with Crippen LogP contribution in [0.2, 0.25) is 0 Å². The zero-order valence-corrected chi connectivity index (χ0v) is 10.9. The summed E-state index contributed by atoms with van der Waals surface area (Å²) in [6.45, 7) is 4.07. The number of nitrogens with zero attached hydrogens (tertiary/aromatic N) is 2. The van der Waals surface area contributed by atoms with Gasteiger partial charge in [0.25, 0.3) is 0 Å². The fourth-order valence-corrected chi connectivity index (χ4v) is 2.13. The van der Waals surface area contributed by atoms with Gasteiger partial charge in [-0.1, -0.05) is 0 Å². The van der Waals surface area contributed by atoms with Crippen LogP contribution in [0.25, 0.3) is 6.08 Å². The van der Waals surface area contributed by atoms with E-state index in [1.165, 1.54) is 7.11 Å². The second-order valence-electron chi connectivity index (χ2n) is 4.85. The number of benzene rings is 1. The van der Waals surface area contributed by atoms with Gasteiger partial charge >= 0.3 is 5.69 Å². The van der Waals surface area contributed by atoms with E-state index < -0.39 is 4.92 Å². The molecule has 5 heteroatoms. The molecule has 2 rings (SSSR count). The molecule has 0 N–H and O–H groups in total. The third-order valence-electron chi connectivity index (χ3n) is 3.57. The lowest BCUT2D eigenvalue weighted by molar-refractivity contribution is -0.385. The van der Waals surface area contributed by atoms with Crippen LogP contribution in [0.3, 0.4) is 0 Å². The van der Waals surface area contributed by atoms with Crippen LogP contribution >= 0.6 is 0 Å². The highest BCUT2D eigenvalue weighted by Gasteiger charge is 2.32. The van der Waals surface area contributed by atoms with Crippen LogP contribution in [0.4, 0.5) is 5.69 Å². The van der Waals surface area contributed by atoms with Gasteiger partial charge in [-0.25, -0.2) is 0 Å². The van der Waals surface area contributed by atoms with E-state index >= 15 is 0 Å². The highest BCUT2D eigenvalue weighted by molar-refractivity contribution is 5.65. The van der Waals surface area contributed by atoms with Gasteiger partial charge in [0.05, 0.1) is 17.6 Å². The third kappa shape index (κ3) is 1.72. The Morgan fingerprint density at radius 2 is 2.06 bits per heavy atom. The Hall–Kier alpha value is -2.04. The van der Waals surface area contributed by atoms with Crippen LogP contribution in [-0.2, 0) is 5.54 Å². The summed E-state index contributed by atoms with van der Waals surface area (Å²) in [6.07, 6.45) is 3.90. The van der Waals surface area contributed by atoms with Crippen LogP contribution in [0.1, 0.15) is 25.0 Å². The minimum atomic E-state index is -0.409. The molecule has 1 aromatic rings. The highest BCUT2D eigenvalue weighted by atomic mass is 16.6. The Morgan fingerprint density at radius 3 is 2.61 bits per heavy atom. The molecule has 1 aromatic carbocycles. The summed E-state index contributed by atoms with van der Waals surface area (Å²) in [5.74, 6) is 0.295. The molecule has 0 radical (unpaired) electrons. The standard InChI is InChI=1S/C13H16N2O3/c1-13(2)10-8-11(15(16)17)12(18-4)7-9(10)5-6-14(13)3/h5-8H,1-4H3. The number of rotatable bonds is 2. The van der Waals surface area contributed by atoms with E-state index in [9.17, 15) is 10.1 Å². The number of nitro benzene ring substituents is 1. The Labute approximate surface area is 106 Å². The van der Waals surface area contributed by atoms with E-state index in [-0.39, 0.29) is 11.2 Å². The summed E-state index contributed by atoms with van der Waals surface area (Å²) in [5, 5.41) is 11.1. The molecule has 1 heterocycles. The van der Waals surface area contributed by atoms with Crippen molar-refractivity contribution < 1.29 is 9.66 Å². The number of hydrogen-bond acceptors (Lipinski definition) is 4. The van der Waals surface area contributed by atoms with Gasteiger partial charge < -0.3 is 9.64 Å². The van der Waals surface area contributed by atoms with E-state index in [0.29, 0.717) is 5.75 Å². The number of nitro groups is 1. The fraction of sp³-hybridized carbons (Fsp3) is 0.385. The van der Waals surface area contributed by atoms with Crippen molar-refractivity contribution in [2.75, 3.05) is 14.2 Å². The SMILES string of the molecule is COc1cc2c(cc1[N+](=O)[O-])C(C)(C)N(C)C=C2. The molecular weight excluding hydrogens is 232 g/mol. The summed E-state index contributed by atoms with van der Waals surface area (Å²) in [4.78, 5) is 12.7. The average Bonchev–Trinajstić information content (AvgIpc) is 2.32. The quantitative estimate of drug-likeness (QED) is 0.596. The highest BCUT2D eigenvalue weighted by Crippen LogP contribution is 2.40. The molecule has 0 saturated carbocycles. The molecule has 0 amide bonds. The Morgan fingerprint density at radius 1 is 1.39 bits per heavy atom. The first-order valence-corrected chi connectivity index (χ1v) is 5.66. The molecule has 0 aliphatic carbocycles. The van der Waals surface area contributed by atoms with E-state index in [4.69, 9.17) is 4.74 Å². The molecule has 5 nitrogen and oxygen atoms in total. The smallest absolute Gasteiger partial charge is 0.311 e. The van der Waals surface area contributed by atoms with Crippen molar-refractivity contribution in [3.8, 4) is 5.75 Å². The third-order valence-corrected chi connectivity index (χ3v) is 3.57. The molecule has 96 valence electrons. The molecular formula is C13H16N2O3. The van der Waals surface area contributed by atoms with E-state index in [1.807, 2.05) is 38.1 Å². The first-order chi connectivity index (χ1) is 8.37. The normalized spacial score (nSPS) is 16.3. The Balaban J connectivity index is 2.69. The minimum Gasteiger partial charge on any atom is -0.490 e. The van der Waals surface area contributed by atoms with Crippen LogP contribution in [0.15, 0.2) is 18.3 Å². The van der Waals surface area contributed by atoms with Crippen molar-refractivity contribution >= 4 is 11.8 Å². The Kier molecular flexibility index (Phi) is 2.77. The zero-order valence-electron chi connectivity index (χ0n) is 10.9. The molecule has 1 aliphatic rings. The van der Waals surface area contributed by atoms with E-state index in [0.717, 1.165) is 11.1 Å². The number of methoxy groups -OCH3 is 1. The topological polar surface area (TPSA) is 55.6 Å². The summed E-state index contributed by atoms with van der Waals surface area (Å²) in [5.41, 5.74) is 1.62. The lowest BCUT2D eigenvalue weighted by atomic mass is 9.86. The average molecular weight is 248 g/mol. The van der Waals surface area contributed by atoms with Gasteiger partial charge in [-0.2, -0.15) is 0 Å². The molecule has 18 heavy (non-hydrogen) atoms. The number of ether oxygens (including phenoxy) is 1. The van der Waals surface area contributed by atoms with Gasteiger partial charge in [0.1, 0.15) is 0 Å². The molecule has 1 aliphatic heterocycles. The molecule has 0 fully saturated rings. The Bertz CT molecular complexity index is 535. The number of fused-ring (bicyclic) bond motifs is 1. The van der Waals surface area contributed by atoms with Crippen molar-refractivity contribution in [3.63, 3.8) is 0 Å². The van der Waals surface area contributed by atoms with Crippen LogP contribution in [0.5, 0.6) is 5.75 Å². The fourth-order valence-electron chi connectivity index (χ4n) is 2.13. The van der Waals surface area contributed by atoms with Crippen LogP contribution in [0, 0.1) is 10.1 Å². The maximum atomic E-state index is 11.1. The molecule has 0 unspecified atom stereocenters. The summed E-state index contributed by atoms with van der Waals surface area (Å²) < 4.78 is 5.08. The molecule has 0 atom stereocenters. The van der Waals surface area contributed by atoms with Crippen molar-refractivity contribution in [2.45, 2.75) is 19.4 Å². The summed E-state index contributed by atoms with van der Waals surface area (Å²) in [7, 11) is 3.40. The molecule has 0 aromatic heterocycles.